The summed E-state index contributed by atoms with van der Waals surface area (Å²) in [5, 5.41) is 3.84. The normalized spacial score (nSPS) is 36.7. The lowest BCUT2D eigenvalue weighted by molar-refractivity contribution is 0.266. The van der Waals surface area contributed by atoms with Crippen LogP contribution in [0.15, 0.2) is 12.2 Å². The fraction of sp³-hybridized carbons (Fsp3) is 0.857. The lowest BCUT2D eigenvalue weighted by Gasteiger charge is -2.32. The van der Waals surface area contributed by atoms with E-state index in [1.165, 1.54) is 51.4 Å². The molecule has 0 aliphatic heterocycles. The van der Waals surface area contributed by atoms with Crippen LogP contribution >= 0.6 is 0 Å². The van der Waals surface area contributed by atoms with Gasteiger partial charge in [0.15, 0.2) is 0 Å². The van der Waals surface area contributed by atoms with Crippen LogP contribution in [0.2, 0.25) is 0 Å². The fourth-order valence-corrected chi connectivity index (χ4v) is 3.07. The van der Waals surface area contributed by atoms with Crippen molar-refractivity contribution in [2.45, 2.75) is 70.4 Å². The molecule has 3 atom stereocenters. The van der Waals surface area contributed by atoms with E-state index in [9.17, 15) is 0 Å². The van der Waals surface area contributed by atoms with E-state index in [-0.39, 0.29) is 0 Å². The molecule has 0 heterocycles. The second kappa shape index (κ2) is 5.69. The van der Waals surface area contributed by atoms with Gasteiger partial charge in [0.1, 0.15) is 0 Å². The predicted octanol–water partition coefficient (Wildman–Crippen LogP) is 3.65. The highest BCUT2D eigenvalue weighted by Crippen LogP contribution is 2.27. The zero-order valence-electron chi connectivity index (χ0n) is 10.0. The quantitative estimate of drug-likeness (QED) is 0.696. The third-order valence-electron chi connectivity index (χ3n) is 4.06. The summed E-state index contributed by atoms with van der Waals surface area (Å²) >= 11 is 0. The van der Waals surface area contributed by atoms with Crippen LogP contribution in [0.3, 0.4) is 0 Å². The first-order chi connectivity index (χ1) is 7.38. The molecule has 0 saturated heterocycles. The maximum atomic E-state index is 3.84. The molecule has 1 N–H and O–H groups in total. The van der Waals surface area contributed by atoms with E-state index in [1.807, 2.05) is 0 Å². The van der Waals surface area contributed by atoms with Gasteiger partial charge in [-0.1, -0.05) is 38.3 Å². The van der Waals surface area contributed by atoms with Gasteiger partial charge in [0.25, 0.3) is 0 Å². The molecule has 0 bridgehead atoms. The fourth-order valence-electron chi connectivity index (χ4n) is 3.07. The second-order valence-electron chi connectivity index (χ2n) is 5.27. The summed E-state index contributed by atoms with van der Waals surface area (Å²) in [6.45, 7) is 2.34. The number of hydrogen-bond acceptors (Lipinski definition) is 1. The monoisotopic (exact) mass is 207 g/mol. The molecule has 2 aliphatic carbocycles. The molecule has 0 aromatic rings. The number of rotatable bonds is 3. The number of hydrogen-bond donors (Lipinski definition) is 1. The minimum absolute atomic E-state index is 0.680. The van der Waals surface area contributed by atoms with Gasteiger partial charge in [-0.05, 0) is 38.0 Å². The molecular formula is C14H25N. The van der Waals surface area contributed by atoms with Crippen LogP contribution in [0, 0.1) is 5.92 Å². The van der Waals surface area contributed by atoms with Gasteiger partial charge < -0.3 is 5.32 Å². The van der Waals surface area contributed by atoms with Crippen molar-refractivity contribution in [3.63, 3.8) is 0 Å². The predicted molar refractivity (Wildman–Crippen MR) is 66.0 cm³/mol. The average Bonchev–Trinajstić information content (AvgIpc) is 2.31. The first-order valence-corrected chi connectivity index (χ1v) is 6.81. The van der Waals surface area contributed by atoms with Crippen LogP contribution in [0.5, 0.6) is 0 Å². The summed E-state index contributed by atoms with van der Waals surface area (Å²) in [4.78, 5) is 0. The first-order valence-electron chi connectivity index (χ1n) is 6.81. The van der Waals surface area contributed by atoms with Crippen LogP contribution in [-0.4, -0.2) is 12.1 Å². The maximum absolute atomic E-state index is 3.84. The van der Waals surface area contributed by atoms with Crippen molar-refractivity contribution in [2.24, 2.45) is 5.92 Å². The Balaban J connectivity index is 1.77. The second-order valence-corrected chi connectivity index (χ2v) is 5.27. The minimum atomic E-state index is 0.680. The summed E-state index contributed by atoms with van der Waals surface area (Å²) in [6.07, 6.45) is 15.9. The first kappa shape index (κ1) is 11.2. The van der Waals surface area contributed by atoms with E-state index >= 15 is 0 Å². The van der Waals surface area contributed by atoms with Gasteiger partial charge in [0, 0.05) is 12.1 Å². The van der Waals surface area contributed by atoms with Gasteiger partial charge in [-0.15, -0.1) is 0 Å². The maximum Gasteiger partial charge on any atom is 0.0252 e. The molecular weight excluding hydrogens is 182 g/mol. The topological polar surface area (TPSA) is 12.0 Å². The number of allylic oxidation sites excluding steroid dienone is 1. The zero-order valence-corrected chi connectivity index (χ0v) is 10.0. The molecule has 15 heavy (non-hydrogen) atoms. The van der Waals surface area contributed by atoms with Crippen molar-refractivity contribution in [2.75, 3.05) is 0 Å². The Kier molecular flexibility index (Phi) is 4.25. The molecule has 1 saturated carbocycles. The van der Waals surface area contributed by atoms with Crippen LogP contribution in [0.1, 0.15) is 58.3 Å². The Morgan fingerprint density at radius 1 is 1.20 bits per heavy atom. The molecule has 1 fully saturated rings. The van der Waals surface area contributed by atoms with Crippen molar-refractivity contribution in [3.8, 4) is 0 Å². The third kappa shape index (κ3) is 3.34. The molecule has 2 rings (SSSR count). The highest BCUT2D eigenvalue weighted by Gasteiger charge is 2.22. The van der Waals surface area contributed by atoms with Gasteiger partial charge in [-0.3, -0.25) is 0 Å². The molecule has 0 aromatic heterocycles. The molecule has 0 spiro atoms. The van der Waals surface area contributed by atoms with Gasteiger partial charge in [-0.2, -0.15) is 0 Å². The van der Waals surface area contributed by atoms with E-state index in [1.54, 1.807) is 0 Å². The zero-order chi connectivity index (χ0) is 10.5. The summed E-state index contributed by atoms with van der Waals surface area (Å²) in [5.74, 6) is 0.990. The minimum Gasteiger partial charge on any atom is -0.308 e. The van der Waals surface area contributed by atoms with Gasteiger partial charge >= 0.3 is 0 Å². The smallest absolute Gasteiger partial charge is 0.0252 e. The molecule has 0 radical (unpaired) electrons. The Labute approximate surface area is 94.3 Å². The van der Waals surface area contributed by atoms with Crippen LogP contribution < -0.4 is 5.32 Å². The van der Waals surface area contributed by atoms with Crippen molar-refractivity contribution in [3.05, 3.63) is 12.2 Å². The third-order valence-corrected chi connectivity index (χ3v) is 4.06. The summed E-state index contributed by atoms with van der Waals surface area (Å²) in [6, 6.07) is 1.48. The SMILES string of the molecule is CCC1CCCC(NC2C=CCCC2)C1. The Hall–Kier alpha value is -0.300. The standard InChI is InChI=1S/C14H25N/c1-2-12-7-6-10-14(11-12)15-13-8-4-3-5-9-13/h4,8,12-15H,2-3,5-7,9-11H2,1H3. The lowest BCUT2D eigenvalue weighted by Crippen LogP contribution is -2.40. The average molecular weight is 207 g/mol. The molecule has 86 valence electrons. The molecule has 0 aromatic carbocycles. The molecule has 3 unspecified atom stereocenters. The highest BCUT2D eigenvalue weighted by atomic mass is 14.9. The van der Waals surface area contributed by atoms with E-state index in [4.69, 9.17) is 0 Å². The van der Waals surface area contributed by atoms with Crippen molar-refractivity contribution < 1.29 is 0 Å². The van der Waals surface area contributed by atoms with E-state index in [0.29, 0.717) is 6.04 Å². The Morgan fingerprint density at radius 2 is 2.13 bits per heavy atom. The van der Waals surface area contributed by atoms with Crippen LogP contribution in [0.25, 0.3) is 0 Å². The molecule has 0 amide bonds. The van der Waals surface area contributed by atoms with Crippen molar-refractivity contribution in [1.82, 2.24) is 5.32 Å². The Morgan fingerprint density at radius 3 is 2.87 bits per heavy atom. The Bertz CT molecular complexity index is 209. The van der Waals surface area contributed by atoms with Gasteiger partial charge in [-0.25, -0.2) is 0 Å². The molecule has 2 aliphatic rings. The van der Waals surface area contributed by atoms with Crippen LogP contribution in [0.4, 0.5) is 0 Å². The van der Waals surface area contributed by atoms with Gasteiger partial charge in [0.05, 0.1) is 0 Å². The largest absolute Gasteiger partial charge is 0.308 e. The van der Waals surface area contributed by atoms with Crippen molar-refractivity contribution in [1.29, 1.82) is 0 Å². The van der Waals surface area contributed by atoms with Gasteiger partial charge in [0.2, 0.25) is 0 Å². The summed E-state index contributed by atoms with van der Waals surface area (Å²) in [7, 11) is 0. The van der Waals surface area contributed by atoms with E-state index in [2.05, 4.69) is 24.4 Å². The molecule has 1 heteroatoms. The van der Waals surface area contributed by atoms with Crippen molar-refractivity contribution >= 4 is 0 Å². The number of nitrogens with one attached hydrogen (secondary N) is 1. The van der Waals surface area contributed by atoms with E-state index in [0.717, 1.165) is 12.0 Å². The van der Waals surface area contributed by atoms with E-state index < -0.39 is 0 Å². The summed E-state index contributed by atoms with van der Waals surface area (Å²) < 4.78 is 0. The van der Waals surface area contributed by atoms with Crippen LogP contribution in [-0.2, 0) is 0 Å². The summed E-state index contributed by atoms with van der Waals surface area (Å²) in [5.41, 5.74) is 0. The lowest BCUT2D eigenvalue weighted by atomic mass is 9.83. The highest BCUT2D eigenvalue weighted by molar-refractivity contribution is 4.99. The molecule has 1 nitrogen and oxygen atoms in total.